The molecule has 0 aromatic rings. The van der Waals surface area contributed by atoms with Gasteiger partial charge in [-0.3, -0.25) is 4.79 Å². The number of rotatable bonds is 4. The molecule has 0 aromatic heterocycles. The molecule has 0 saturated carbocycles. The van der Waals surface area contributed by atoms with Gasteiger partial charge in [-0.25, -0.2) is 0 Å². The Morgan fingerprint density at radius 2 is 2.00 bits per heavy atom. The van der Waals surface area contributed by atoms with Crippen LogP contribution in [0.4, 0.5) is 0 Å². The smallest absolute Gasteiger partial charge is 0.244 e. The van der Waals surface area contributed by atoms with E-state index < -0.39 is 0 Å². The van der Waals surface area contributed by atoms with Crippen LogP contribution in [0, 0.1) is 5.92 Å². The third-order valence-electron chi connectivity index (χ3n) is 1.75. The van der Waals surface area contributed by atoms with Gasteiger partial charge in [-0.1, -0.05) is 19.4 Å². The van der Waals surface area contributed by atoms with Gasteiger partial charge in [0.15, 0.2) is 0 Å². The van der Waals surface area contributed by atoms with Crippen molar-refractivity contribution in [1.29, 1.82) is 0 Å². The fourth-order valence-corrected chi connectivity index (χ4v) is 0.910. The van der Waals surface area contributed by atoms with E-state index >= 15 is 0 Å². The maximum Gasteiger partial charge on any atom is 0.244 e. The summed E-state index contributed by atoms with van der Waals surface area (Å²) in [5.74, 6) is 0.118. The van der Waals surface area contributed by atoms with Crippen molar-refractivity contribution < 1.29 is 9.90 Å². The van der Waals surface area contributed by atoms with E-state index in [4.69, 9.17) is 5.11 Å². The number of aliphatic hydroxyl groups is 1. The van der Waals surface area contributed by atoms with E-state index in [1.165, 1.54) is 6.08 Å². The molecule has 76 valence electrons. The lowest BCUT2D eigenvalue weighted by Gasteiger charge is -2.18. The van der Waals surface area contributed by atoms with Crippen molar-refractivity contribution in [2.24, 2.45) is 5.92 Å². The number of hydrogen-bond donors (Lipinski definition) is 2. The lowest BCUT2D eigenvalue weighted by Crippen LogP contribution is -2.40. The topological polar surface area (TPSA) is 49.3 Å². The second kappa shape index (κ2) is 5.75. The van der Waals surface area contributed by atoms with Crippen LogP contribution in [-0.4, -0.2) is 23.7 Å². The highest BCUT2D eigenvalue weighted by Crippen LogP contribution is 2.00. The van der Waals surface area contributed by atoms with Gasteiger partial charge < -0.3 is 10.4 Å². The second-order valence-corrected chi connectivity index (χ2v) is 3.76. The molecule has 2 N–H and O–H groups in total. The van der Waals surface area contributed by atoms with Gasteiger partial charge in [-0.15, -0.1) is 0 Å². The molecule has 0 aliphatic carbocycles. The summed E-state index contributed by atoms with van der Waals surface area (Å²) in [5.41, 5.74) is 0.956. The Balaban J connectivity index is 4.10. The van der Waals surface area contributed by atoms with Gasteiger partial charge >= 0.3 is 0 Å². The molecule has 1 atom stereocenters. The van der Waals surface area contributed by atoms with Crippen molar-refractivity contribution in [3.8, 4) is 0 Å². The Morgan fingerprint density at radius 1 is 1.46 bits per heavy atom. The van der Waals surface area contributed by atoms with E-state index in [0.29, 0.717) is 0 Å². The molecular formula is C10H19NO2. The molecular weight excluding hydrogens is 166 g/mol. The largest absolute Gasteiger partial charge is 0.394 e. The van der Waals surface area contributed by atoms with Gasteiger partial charge in [0, 0.05) is 6.08 Å². The molecule has 0 radical (unpaired) electrons. The maximum atomic E-state index is 11.2. The first-order valence-corrected chi connectivity index (χ1v) is 4.53. The Labute approximate surface area is 79.8 Å². The third kappa shape index (κ3) is 5.42. The molecule has 3 heteroatoms. The Morgan fingerprint density at radius 3 is 2.31 bits per heavy atom. The van der Waals surface area contributed by atoms with Crippen LogP contribution in [0.3, 0.4) is 0 Å². The zero-order valence-corrected chi connectivity index (χ0v) is 8.79. The summed E-state index contributed by atoms with van der Waals surface area (Å²) in [6, 6.07) is -0.150. The summed E-state index contributed by atoms with van der Waals surface area (Å²) in [7, 11) is 0. The molecule has 0 aliphatic heterocycles. The third-order valence-corrected chi connectivity index (χ3v) is 1.75. The van der Waals surface area contributed by atoms with E-state index in [1.54, 1.807) is 0 Å². The van der Waals surface area contributed by atoms with Crippen LogP contribution >= 0.6 is 0 Å². The summed E-state index contributed by atoms with van der Waals surface area (Å²) >= 11 is 0. The summed E-state index contributed by atoms with van der Waals surface area (Å²) in [4.78, 5) is 11.2. The number of nitrogens with one attached hydrogen (secondary N) is 1. The van der Waals surface area contributed by atoms with Crippen molar-refractivity contribution in [3.05, 3.63) is 11.6 Å². The van der Waals surface area contributed by atoms with Crippen LogP contribution in [0.2, 0.25) is 0 Å². The standard InChI is InChI=1S/C10H19NO2/c1-7(2)5-10(13)11-9(6-12)8(3)4/h5,8-9,12H,6H2,1-4H3,(H,11,13). The predicted octanol–water partition coefficient (Wildman–Crippen LogP) is 1.09. The van der Waals surface area contributed by atoms with Crippen LogP contribution in [0.1, 0.15) is 27.7 Å². The second-order valence-electron chi connectivity index (χ2n) is 3.76. The van der Waals surface area contributed by atoms with E-state index in [-0.39, 0.29) is 24.5 Å². The number of aliphatic hydroxyl groups excluding tert-OH is 1. The number of carbonyl (C=O) groups excluding carboxylic acids is 1. The lowest BCUT2D eigenvalue weighted by atomic mass is 10.1. The van der Waals surface area contributed by atoms with Crippen LogP contribution < -0.4 is 5.32 Å². The lowest BCUT2D eigenvalue weighted by molar-refractivity contribution is -0.117. The maximum absolute atomic E-state index is 11.2. The van der Waals surface area contributed by atoms with Gasteiger partial charge in [0.05, 0.1) is 12.6 Å². The molecule has 0 spiro atoms. The minimum absolute atomic E-state index is 0.0139. The molecule has 0 aliphatic rings. The van der Waals surface area contributed by atoms with Crippen LogP contribution in [0.25, 0.3) is 0 Å². The fraction of sp³-hybridized carbons (Fsp3) is 0.700. The van der Waals surface area contributed by atoms with Crippen LogP contribution in [0.5, 0.6) is 0 Å². The van der Waals surface area contributed by atoms with Crippen molar-refractivity contribution in [1.82, 2.24) is 5.32 Å². The molecule has 0 rings (SSSR count). The van der Waals surface area contributed by atoms with Gasteiger partial charge in [0.1, 0.15) is 0 Å². The minimum atomic E-state index is -0.150. The number of amides is 1. The predicted molar refractivity (Wildman–Crippen MR) is 53.3 cm³/mol. The molecule has 0 heterocycles. The average Bonchev–Trinajstić information content (AvgIpc) is 1.98. The minimum Gasteiger partial charge on any atom is -0.394 e. The van der Waals surface area contributed by atoms with Gasteiger partial charge in [-0.2, -0.15) is 0 Å². The van der Waals surface area contributed by atoms with E-state index in [0.717, 1.165) is 5.57 Å². The first kappa shape index (κ1) is 12.2. The van der Waals surface area contributed by atoms with Gasteiger partial charge in [0.25, 0.3) is 0 Å². The Hall–Kier alpha value is -0.830. The highest BCUT2D eigenvalue weighted by Gasteiger charge is 2.13. The van der Waals surface area contributed by atoms with Crippen LogP contribution in [0.15, 0.2) is 11.6 Å². The SMILES string of the molecule is CC(C)=CC(=O)NC(CO)C(C)C. The number of hydrogen-bond acceptors (Lipinski definition) is 2. The highest BCUT2D eigenvalue weighted by molar-refractivity contribution is 5.88. The summed E-state index contributed by atoms with van der Waals surface area (Å²) in [5, 5.41) is 11.7. The zero-order chi connectivity index (χ0) is 10.4. The number of carbonyl (C=O) groups is 1. The molecule has 0 aromatic carbocycles. The van der Waals surface area contributed by atoms with Crippen molar-refractivity contribution in [2.75, 3.05) is 6.61 Å². The summed E-state index contributed by atoms with van der Waals surface area (Å²) in [6.45, 7) is 7.64. The van der Waals surface area contributed by atoms with E-state index in [9.17, 15) is 4.79 Å². The normalized spacial score (nSPS) is 12.5. The van der Waals surface area contributed by atoms with Crippen molar-refractivity contribution in [2.45, 2.75) is 33.7 Å². The van der Waals surface area contributed by atoms with Crippen LogP contribution in [-0.2, 0) is 4.79 Å². The molecule has 13 heavy (non-hydrogen) atoms. The monoisotopic (exact) mass is 185 g/mol. The molecule has 0 fully saturated rings. The van der Waals surface area contributed by atoms with Crippen molar-refractivity contribution >= 4 is 5.91 Å². The Bertz CT molecular complexity index is 193. The molecule has 0 bridgehead atoms. The Kier molecular flexibility index (Phi) is 5.39. The van der Waals surface area contributed by atoms with Gasteiger partial charge in [0.2, 0.25) is 5.91 Å². The van der Waals surface area contributed by atoms with E-state index in [1.807, 2.05) is 27.7 Å². The van der Waals surface area contributed by atoms with Gasteiger partial charge in [-0.05, 0) is 19.8 Å². The first-order chi connectivity index (χ1) is 5.97. The molecule has 1 amide bonds. The number of allylic oxidation sites excluding steroid dienone is 1. The van der Waals surface area contributed by atoms with Crippen molar-refractivity contribution in [3.63, 3.8) is 0 Å². The molecule has 0 saturated heterocycles. The quantitative estimate of drug-likeness (QED) is 0.644. The first-order valence-electron chi connectivity index (χ1n) is 4.53. The molecule has 1 unspecified atom stereocenters. The summed E-state index contributed by atoms with van der Waals surface area (Å²) < 4.78 is 0. The fourth-order valence-electron chi connectivity index (χ4n) is 0.910. The van der Waals surface area contributed by atoms with E-state index in [2.05, 4.69) is 5.32 Å². The highest BCUT2D eigenvalue weighted by atomic mass is 16.3. The molecule has 3 nitrogen and oxygen atoms in total. The average molecular weight is 185 g/mol. The summed E-state index contributed by atoms with van der Waals surface area (Å²) in [6.07, 6.45) is 1.53. The zero-order valence-electron chi connectivity index (χ0n) is 8.79.